The summed E-state index contributed by atoms with van der Waals surface area (Å²) < 4.78 is 5.90. The molecule has 0 aliphatic heterocycles. The van der Waals surface area contributed by atoms with Crippen LogP contribution in [0.4, 0.5) is 5.95 Å². The number of ether oxygens (including phenoxy) is 1. The molecule has 0 aliphatic rings. The Kier molecular flexibility index (Phi) is 10.2. The third-order valence-electron chi connectivity index (χ3n) is 5.11. The summed E-state index contributed by atoms with van der Waals surface area (Å²) in [4.78, 5) is 15.4. The molecule has 0 saturated heterocycles. The smallest absolute Gasteiger partial charge is 0.328 e. The van der Waals surface area contributed by atoms with Gasteiger partial charge in [-0.2, -0.15) is 15.0 Å². The van der Waals surface area contributed by atoms with Crippen LogP contribution in [-0.4, -0.2) is 28.0 Å². The van der Waals surface area contributed by atoms with Crippen LogP contribution in [0.2, 0.25) is 5.28 Å². The van der Waals surface area contributed by atoms with E-state index in [2.05, 4.69) is 47.5 Å². The average molecular weight is 419 g/mol. The van der Waals surface area contributed by atoms with Gasteiger partial charge in [-0.05, 0) is 61.5 Å². The lowest BCUT2D eigenvalue weighted by molar-refractivity contribution is 0.438. The number of nitrogens with zero attached hydrogens (tertiary/aromatic N) is 4. The number of hydrogen-bond donors (Lipinski definition) is 0. The molecule has 0 aliphatic carbocycles. The summed E-state index contributed by atoms with van der Waals surface area (Å²) in [5.74, 6) is 1.32. The highest BCUT2D eigenvalue weighted by molar-refractivity contribution is 6.28. The normalized spacial score (nSPS) is 10.9. The first-order valence-electron chi connectivity index (χ1n) is 10.9. The number of hydrogen-bond acceptors (Lipinski definition) is 5. The minimum absolute atomic E-state index is 0.168. The lowest BCUT2D eigenvalue weighted by Crippen LogP contribution is -2.28. The Labute approximate surface area is 180 Å². The van der Waals surface area contributed by atoms with Gasteiger partial charge in [-0.15, -0.1) is 0 Å². The van der Waals surface area contributed by atoms with Crippen molar-refractivity contribution in [2.45, 2.75) is 79.1 Å². The summed E-state index contributed by atoms with van der Waals surface area (Å²) >= 11 is 6.22. The van der Waals surface area contributed by atoms with Crippen LogP contribution < -0.4 is 9.64 Å². The predicted molar refractivity (Wildman–Crippen MR) is 121 cm³/mol. The van der Waals surface area contributed by atoms with Crippen LogP contribution in [0.25, 0.3) is 0 Å². The summed E-state index contributed by atoms with van der Waals surface area (Å²) in [6.45, 7) is 10.4. The molecule has 0 N–H and O–H groups in total. The number of aromatic nitrogens is 3. The number of halogens is 1. The van der Waals surface area contributed by atoms with Gasteiger partial charge in [0.15, 0.2) is 0 Å². The average Bonchev–Trinajstić information content (AvgIpc) is 2.69. The Hall–Kier alpha value is -1.88. The van der Waals surface area contributed by atoms with Gasteiger partial charge in [0.05, 0.1) is 0 Å². The van der Waals surface area contributed by atoms with Crippen molar-refractivity contribution in [1.29, 1.82) is 0 Å². The van der Waals surface area contributed by atoms with Crippen molar-refractivity contribution in [2.75, 3.05) is 18.0 Å². The Morgan fingerprint density at radius 2 is 1.48 bits per heavy atom. The largest absolute Gasteiger partial charge is 0.424 e. The van der Waals surface area contributed by atoms with Crippen LogP contribution in [-0.2, 0) is 0 Å². The minimum atomic E-state index is 0.168. The van der Waals surface area contributed by atoms with Crippen LogP contribution in [0.5, 0.6) is 11.8 Å². The molecule has 0 fully saturated rings. The van der Waals surface area contributed by atoms with Crippen LogP contribution in [0, 0.1) is 13.8 Å². The fourth-order valence-corrected chi connectivity index (χ4v) is 3.31. The van der Waals surface area contributed by atoms with Crippen molar-refractivity contribution in [2.24, 2.45) is 0 Å². The number of rotatable bonds is 13. The molecule has 1 aromatic heterocycles. The molecule has 2 aromatic rings. The van der Waals surface area contributed by atoms with Gasteiger partial charge in [-0.3, -0.25) is 0 Å². The topological polar surface area (TPSA) is 51.1 Å². The van der Waals surface area contributed by atoms with Gasteiger partial charge in [0.25, 0.3) is 0 Å². The Morgan fingerprint density at radius 3 is 2.07 bits per heavy atom. The molecule has 1 aromatic carbocycles. The SMILES string of the molecule is CCCCCCN(CCCCCC)c1nc(Cl)nc(Oc2ccc(C)c(C)c2)n1. The number of aryl methyl sites for hydroxylation is 2. The summed E-state index contributed by atoms with van der Waals surface area (Å²) in [6, 6.07) is 6.19. The molecule has 0 amide bonds. The quantitative estimate of drug-likeness (QED) is 0.331. The number of anilines is 1. The molecular formula is C23H35ClN4O. The second kappa shape index (κ2) is 12.6. The summed E-state index contributed by atoms with van der Waals surface area (Å²) in [6.07, 6.45) is 9.63. The first-order chi connectivity index (χ1) is 14.0. The minimum Gasteiger partial charge on any atom is -0.424 e. The van der Waals surface area contributed by atoms with Gasteiger partial charge in [0.1, 0.15) is 5.75 Å². The molecule has 0 radical (unpaired) electrons. The second-order valence-electron chi connectivity index (χ2n) is 7.64. The monoisotopic (exact) mass is 418 g/mol. The van der Waals surface area contributed by atoms with Crippen molar-refractivity contribution < 1.29 is 4.74 Å². The molecular weight excluding hydrogens is 384 g/mol. The fraction of sp³-hybridized carbons (Fsp3) is 0.609. The van der Waals surface area contributed by atoms with E-state index >= 15 is 0 Å². The molecule has 0 bridgehead atoms. The third-order valence-corrected chi connectivity index (χ3v) is 5.28. The maximum absolute atomic E-state index is 6.22. The van der Waals surface area contributed by atoms with E-state index in [0.29, 0.717) is 11.7 Å². The molecule has 160 valence electrons. The lowest BCUT2D eigenvalue weighted by Gasteiger charge is -2.23. The predicted octanol–water partition coefficient (Wildman–Crippen LogP) is 6.90. The molecule has 29 heavy (non-hydrogen) atoms. The molecule has 0 spiro atoms. The maximum atomic E-state index is 6.22. The van der Waals surface area contributed by atoms with Crippen molar-refractivity contribution in [3.63, 3.8) is 0 Å². The van der Waals surface area contributed by atoms with Gasteiger partial charge in [-0.25, -0.2) is 0 Å². The number of unbranched alkanes of at least 4 members (excludes halogenated alkanes) is 6. The van der Waals surface area contributed by atoms with E-state index < -0.39 is 0 Å². The van der Waals surface area contributed by atoms with Gasteiger partial charge in [0.2, 0.25) is 11.2 Å². The third kappa shape index (κ3) is 8.17. The Balaban J connectivity index is 2.14. The molecule has 0 atom stereocenters. The molecule has 1 heterocycles. The van der Waals surface area contributed by atoms with Crippen LogP contribution in [0.3, 0.4) is 0 Å². The lowest BCUT2D eigenvalue weighted by atomic mass is 10.1. The zero-order valence-corrected chi connectivity index (χ0v) is 19.1. The number of benzene rings is 1. The molecule has 5 nitrogen and oxygen atoms in total. The summed E-state index contributed by atoms with van der Waals surface area (Å²) in [5, 5.41) is 0.168. The van der Waals surface area contributed by atoms with Gasteiger partial charge in [-0.1, -0.05) is 58.4 Å². The first kappa shape index (κ1) is 23.4. The van der Waals surface area contributed by atoms with E-state index in [1.165, 1.54) is 44.1 Å². The van der Waals surface area contributed by atoms with Crippen LogP contribution in [0.1, 0.15) is 76.3 Å². The molecule has 6 heteroatoms. The van der Waals surface area contributed by atoms with Gasteiger partial charge in [0, 0.05) is 13.1 Å². The Morgan fingerprint density at radius 1 is 0.828 bits per heavy atom. The first-order valence-corrected chi connectivity index (χ1v) is 11.3. The van der Waals surface area contributed by atoms with Gasteiger partial charge >= 0.3 is 6.01 Å². The highest BCUT2D eigenvalue weighted by Gasteiger charge is 2.14. The van der Waals surface area contributed by atoms with Crippen LogP contribution in [0.15, 0.2) is 18.2 Å². The standard InChI is InChI=1S/C23H35ClN4O/c1-5-7-9-11-15-28(16-12-10-8-6-2)22-25-21(24)26-23(27-22)29-20-14-13-18(3)19(4)17-20/h13-14,17H,5-12,15-16H2,1-4H3. The zero-order valence-electron chi connectivity index (χ0n) is 18.4. The van der Waals surface area contributed by atoms with Crippen molar-refractivity contribution in [3.8, 4) is 11.8 Å². The van der Waals surface area contributed by atoms with Gasteiger partial charge < -0.3 is 9.64 Å². The summed E-state index contributed by atoms with van der Waals surface area (Å²) in [5.41, 5.74) is 2.38. The molecule has 0 saturated carbocycles. The fourth-order valence-electron chi connectivity index (χ4n) is 3.16. The van der Waals surface area contributed by atoms with E-state index in [-0.39, 0.29) is 11.3 Å². The van der Waals surface area contributed by atoms with E-state index in [4.69, 9.17) is 16.3 Å². The van der Waals surface area contributed by atoms with Crippen molar-refractivity contribution >= 4 is 17.5 Å². The van der Waals surface area contributed by atoms with E-state index in [9.17, 15) is 0 Å². The highest BCUT2D eigenvalue weighted by atomic mass is 35.5. The van der Waals surface area contributed by atoms with Crippen molar-refractivity contribution in [3.05, 3.63) is 34.6 Å². The zero-order chi connectivity index (χ0) is 21.1. The van der Waals surface area contributed by atoms with E-state index in [0.717, 1.165) is 31.5 Å². The Bertz CT molecular complexity index is 742. The van der Waals surface area contributed by atoms with Crippen LogP contribution >= 0.6 is 11.6 Å². The maximum Gasteiger partial charge on any atom is 0.328 e. The van der Waals surface area contributed by atoms with E-state index in [1.807, 2.05) is 18.2 Å². The molecule has 2 rings (SSSR count). The highest BCUT2D eigenvalue weighted by Crippen LogP contribution is 2.24. The summed E-state index contributed by atoms with van der Waals surface area (Å²) in [7, 11) is 0. The van der Waals surface area contributed by atoms with E-state index in [1.54, 1.807) is 0 Å². The van der Waals surface area contributed by atoms with Crippen molar-refractivity contribution in [1.82, 2.24) is 15.0 Å². The molecule has 0 unspecified atom stereocenters. The second-order valence-corrected chi connectivity index (χ2v) is 7.98.